The third kappa shape index (κ3) is 2.96. The van der Waals surface area contributed by atoms with Gasteiger partial charge in [-0.3, -0.25) is 4.90 Å². The van der Waals surface area contributed by atoms with E-state index in [9.17, 15) is 0 Å². The lowest BCUT2D eigenvalue weighted by atomic mass is 10.0. The van der Waals surface area contributed by atoms with Crippen molar-refractivity contribution < 1.29 is 0 Å². The predicted molar refractivity (Wildman–Crippen MR) is 72.3 cm³/mol. The molecule has 1 aromatic rings. The monoisotopic (exact) mass is 254 g/mol. The molecule has 96 valence electrons. The van der Waals surface area contributed by atoms with Gasteiger partial charge in [0.1, 0.15) is 10.7 Å². The summed E-state index contributed by atoms with van der Waals surface area (Å²) in [6.07, 6.45) is 2.64. The van der Waals surface area contributed by atoms with Crippen molar-refractivity contribution in [1.29, 1.82) is 0 Å². The van der Waals surface area contributed by atoms with E-state index < -0.39 is 0 Å². The molecule has 0 amide bonds. The third-order valence-corrected chi connectivity index (χ3v) is 4.16. The van der Waals surface area contributed by atoms with E-state index in [0.717, 1.165) is 29.7 Å². The minimum atomic E-state index is 0.714. The number of nitrogens with one attached hydrogen (secondary N) is 1. The van der Waals surface area contributed by atoms with Crippen LogP contribution in [0.3, 0.4) is 0 Å². The maximum Gasteiger partial charge on any atom is 0.134 e. The van der Waals surface area contributed by atoms with Gasteiger partial charge in [0.2, 0.25) is 0 Å². The first-order chi connectivity index (χ1) is 8.22. The van der Waals surface area contributed by atoms with Crippen molar-refractivity contribution in [2.24, 2.45) is 5.92 Å². The van der Waals surface area contributed by atoms with E-state index >= 15 is 0 Å². The van der Waals surface area contributed by atoms with Crippen LogP contribution in [0.25, 0.3) is 0 Å². The fourth-order valence-electron chi connectivity index (χ4n) is 2.60. The molecule has 1 aliphatic rings. The number of aromatic nitrogens is 2. The van der Waals surface area contributed by atoms with Gasteiger partial charge in [0.25, 0.3) is 0 Å². The molecular weight excluding hydrogens is 232 g/mol. The van der Waals surface area contributed by atoms with Gasteiger partial charge in [0.05, 0.1) is 0 Å². The summed E-state index contributed by atoms with van der Waals surface area (Å²) in [5.74, 6) is 0.728. The van der Waals surface area contributed by atoms with Crippen LogP contribution in [-0.2, 0) is 6.54 Å². The molecule has 2 heterocycles. The van der Waals surface area contributed by atoms with Gasteiger partial charge in [0, 0.05) is 30.7 Å². The molecule has 1 aliphatic heterocycles. The fraction of sp³-hybridized carbons (Fsp3) is 0.833. The van der Waals surface area contributed by atoms with Gasteiger partial charge in [0.15, 0.2) is 0 Å². The molecule has 4 nitrogen and oxygen atoms in total. The van der Waals surface area contributed by atoms with Gasteiger partial charge in [-0.05, 0) is 32.2 Å². The molecule has 0 aliphatic carbocycles. The second kappa shape index (κ2) is 5.78. The van der Waals surface area contributed by atoms with Gasteiger partial charge in [-0.15, -0.1) is 5.10 Å². The molecule has 1 aromatic heterocycles. The summed E-state index contributed by atoms with van der Waals surface area (Å²) in [6.45, 7) is 9.81. The summed E-state index contributed by atoms with van der Waals surface area (Å²) in [5.41, 5.74) is 1.12. The minimum absolute atomic E-state index is 0.714. The number of hydrogen-bond donors (Lipinski definition) is 1. The molecule has 5 heteroatoms. The Balaban J connectivity index is 2.02. The Hall–Kier alpha value is -0.680. The van der Waals surface area contributed by atoms with E-state index in [4.69, 9.17) is 0 Å². The summed E-state index contributed by atoms with van der Waals surface area (Å²) in [5, 5.41) is 8.74. The number of hydrogen-bond acceptors (Lipinski definition) is 5. The Labute approximate surface area is 108 Å². The second-order valence-electron chi connectivity index (χ2n) is 5.00. The van der Waals surface area contributed by atoms with Crippen molar-refractivity contribution in [3.63, 3.8) is 0 Å². The Morgan fingerprint density at radius 2 is 2.35 bits per heavy atom. The highest BCUT2D eigenvalue weighted by atomic mass is 32.1. The predicted octanol–water partition coefficient (Wildman–Crippen LogP) is 2.59. The minimum Gasteiger partial charge on any atom is -0.374 e. The largest absolute Gasteiger partial charge is 0.374 e. The smallest absolute Gasteiger partial charge is 0.134 e. The van der Waals surface area contributed by atoms with E-state index in [-0.39, 0.29) is 0 Å². The number of anilines is 1. The lowest BCUT2D eigenvalue weighted by Crippen LogP contribution is -2.33. The van der Waals surface area contributed by atoms with Gasteiger partial charge < -0.3 is 5.32 Å². The second-order valence-corrected chi connectivity index (χ2v) is 5.76. The van der Waals surface area contributed by atoms with Crippen molar-refractivity contribution in [2.45, 2.75) is 46.2 Å². The van der Waals surface area contributed by atoms with Crippen molar-refractivity contribution in [1.82, 2.24) is 14.5 Å². The van der Waals surface area contributed by atoms with Crippen LogP contribution in [0.15, 0.2) is 0 Å². The highest BCUT2D eigenvalue weighted by Gasteiger charge is 2.28. The molecule has 1 saturated heterocycles. The van der Waals surface area contributed by atoms with E-state index in [1.165, 1.54) is 30.9 Å². The Kier molecular flexibility index (Phi) is 4.34. The van der Waals surface area contributed by atoms with Crippen LogP contribution in [0.1, 0.15) is 39.3 Å². The molecular formula is C12H22N4S. The van der Waals surface area contributed by atoms with Crippen LogP contribution in [-0.4, -0.2) is 33.6 Å². The molecule has 1 atom stereocenters. The van der Waals surface area contributed by atoms with Gasteiger partial charge in [-0.25, -0.2) is 0 Å². The number of likely N-dealkylation sites (tertiary alicyclic amines) is 1. The molecule has 0 radical (unpaired) electrons. The van der Waals surface area contributed by atoms with Crippen LogP contribution in [0.2, 0.25) is 0 Å². The van der Waals surface area contributed by atoms with Crippen molar-refractivity contribution in [3.8, 4) is 0 Å². The Morgan fingerprint density at radius 1 is 1.53 bits per heavy atom. The quantitative estimate of drug-likeness (QED) is 0.877. The molecule has 1 fully saturated rings. The molecule has 0 aromatic carbocycles. The molecule has 0 saturated carbocycles. The standard InChI is InChI=1S/C12H22N4S/c1-4-13-12-10(14-15-17-12)8-16-7-5-6-11(16)9(2)3/h9,11,13H,4-8H2,1-3H3. The van der Waals surface area contributed by atoms with Crippen LogP contribution in [0, 0.1) is 5.92 Å². The highest BCUT2D eigenvalue weighted by molar-refractivity contribution is 7.10. The first-order valence-corrected chi connectivity index (χ1v) is 7.28. The third-order valence-electron chi connectivity index (χ3n) is 3.43. The molecule has 1 N–H and O–H groups in total. The van der Waals surface area contributed by atoms with E-state index in [1.54, 1.807) is 0 Å². The summed E-state index contributed by atoms with van der Waals surface area (Å²) >= 11 is 1.47. The maximum atomic E-state index is 4.26. The zero-order chi connectivity index (χ0) is 12.3. The van der Waals surface area contributed by atoms with Crippen LogP contribution in [0.4, 0.5) is 5.00 Å². The lowest BCUT2D eigenvalue weighted by molar-refractivity contribution is 0.197. The maximum absolute atomic E-state index is 4.26. The van der Waals surface area contributed by atoms with Crippen LogP contribution >= 0.6 is 11.5 Å². The fourth-order valence-corrected chi connectivity index (χ4v) is 3.24. The van der Waals surface area contributed by atoms with Gasteiger partial charge in [-0.1, -0.05) is 18.3 Å². The zero-order valence-electron chi connectivity index (χ0n) is 10.9. The Bertz CT molecular complexity index is 350. The van der Waals surface area contributed by atoms with Gasteiger partial charge >= 0.3 is 0 Å². The summed E-state index contributed by atoms with van der Waals surface area (Å²) in [7, 11) is 0. The average molecular weight is 254 g/mol. The SMILES string of the molecule is CCNc1snnc1CN1CCCC1C(C)C. The summed E-state index contributed by atoms with van der Waals surface area (Å²) in [6, 6.07) is 0.714. The van der Waals surface area contributed by atoms with Gasteiger partial charge in [-0.2, -0.15) is 0 Å². The van der Waals surface area contributed by atoms with Crippen molar-refractivity contribution in [3.05, 3.63) is 5.69 Å². The molecule has 0 bridgehead atoms. The topological polar surface area (TPSA) is 41.1 Å². The highest BCUT2D eigenvalue weighted by Crippen LogP contribution is 2.27. The van der Waals surface area contributed by atoms with E-state index in [1.807, 2.05) is 0 Å². The van der Waals surface area contributed by atoms with Crippen LogP contribution < -0.4 is 5.32 Å². The van der Waals surface area contributed by atoms with Crippen molar-refractivity contribution >= 4 is 16.5 Å². The lowest BCUT2D eigenvalue weighted by Gasteiger charge is -2.26. The number of nitrogens with zero attached hydrogens (tertiary/aromatic N) is 3. The summed E-state index contributed by atoms with van der Waals surface area (Å²) in [4.78, 5) is 2.56. The first-order valence-electron chi connectivity index (χ1n) is 6.51. The first kappa shape index (κ1) is 12.8. The molecule has 1 unspecified atom stereocenters. The average Bonchev–Trinajstić information content (AvgIpc) is 2.89. The molecule has 17 heavy (non-hydrogen) atoms. The molecule has 0 spiro atoms. The summed E-state index contributed by atoms with van der Waals surface area (Å²) < 4.78 is 4.06. The normalized spacial score (nSPS) is 21.3. The number of rotatable bonds is 5. The Morgan fingerprint density at radius 3 is 3.06 bits per heavy atom. The van der Waals surface area contributed by atoms with Crippen LogP contribution in [0.5, 0.6) is 0 Å². The van der Waals surface area contributed by atoms with Crippen molar-refractivity contribution in [2.75, 3.05) is 18.4 Å². The zero-order valence-corrected chi connectivity index (χ0v) is 11.8. The molecule has 2 rings (SSSR count). The van der Waals surface area contributed by atoms with E-state index in [2.05, 4.69) is 40.6 Å². The van der Waals surface area contributed by atoms with E-state index in [0.29, 0.717) is 6.04 Å².